The van der Waals surface area contributed by atoms with E-state index in [9.17, 15) is 5.02 Å². The molecule has 1 aliphatic rings. The highest BCUT2D eigenvalue weighted by Gasteiger charge is 2.23. The quantitative estimate of drug-likeness (QED) is 0.606. The number of hydrogen-bond acceptors (Lipinski definition) is 2. The van der Waals surface area contributed by atoms with Crippen LogP contribution in [0.4, 0.5) is 0 Å². The van der Waals surface area contributed by atoms with Gasteiger partial charge in [-0.1, -0.05) is 13.3 Å². The average Bonchev–Trinajstić information content (AvgIpc) is 2.05. The molecule has 0 aromatic heterocycles. The van der Waals surface area contributed by atoms with E-state index < -0.39 is 0 Å². The maximum atomic E-state index is 9.32. The lowest BCUT2D eigenvalue weighted by atomic mass is 9.80. The molecule has 0 bridgehead atoms. The molecule has 0 amide bonds. The summed E-state index contributed by atoms with van der Waals surface area (Å²) in [7, 11) is -0.246. The zero-order chi connectivity index (χ0) is 8.27. The maximum absolute atomic E-state index is 9.32. The fraction of sp³-hybridized carbons (Fsp3) is 1.00. The summed E-state index contributed by atoms with van der Waals surface area (Å²) in [6, 6.07) is 0. The first-order valence-corrected chi connectivity index (χ1v) is 4.66. The minimum Gasteiger partial charge on any atom is -0.437 e. The van der Waals surface area contributed by atoms with Gasteiger partial charge in [0.05, 0.1) is 0 Å². The molecule has 1 aliphatic heterocycles. The van der Waals surface area contributed by atoms with E-state index in [2.05, 4.69) is 11.7 Å². The molecule has 0 radical (unpaired) electrons. The van der Waals surface area contributed by atoms with Crippen molar-refractivity contribution in [3.05, 3.63) is 0 Å². The van der Waals surface area contributed by atoms with Crippen molar-refractivity contribution in [2.45, 2.75) is 33.0 Å². The summed E-state index contributed by atoms with van der Waals surface area (Å²) in [6.07, 6.45) is 3.85. The second kappa shape index (κ2) is 4.12. The molecule has 1 atom stereocenters. The number of piperidine rings is 1. The zero-order valence-electron chi connectivity index (χ0n) is 7.58. The molecule has 1 fully saturated rings. The summed E-state index contributed by atoms with van der Waals surface area (Å²) in [5.74, 6) is 0.818. The summed E-state index contributed by atoms with van der Waals surface area (Å²) < 4.78 is 0. The van der Waals surface area contributed by atoms with E-state index in [-0.39, 0.29) is 7.05 Å². The van der Waals surface area contributed by atoms with Crippen molar-refractivity contribution in [1.82, 2.24) is 4.81 Å². The van der Waals surface area contributed by atoms with Gasteiger partial charge in [-0.15, -0.1) is 0 Å². The van der Waals surface area contributed by atoms with Gasteiger partial charge >= 0.3 is 7.05 Å². The van der Waals surface area contributed by atoms with E-state index in [0.29, 0.717) is 0 Å². The van der Waals surface area contributed by atoms with Gasteiger partial charge in [0.15, 0.2) is 0 Å². The molecule has 1 heterocycles. The molecule has 0 aromatic carbocycles. The molecule has 0 aromatic rings. The van der Waals surface area contributed by atoms with E-state index in [1.165, 1.54) is 19.3 Å². The Morgan fingerprint density at radius 2 is 2.36 bits per heavy atom. The smallest absolute Gasteiger partial charge is 0.376 e. The molecule has 1 rings (SSSR count). The van der Waals surface area contributed by atoms with Crippen molar-refractivity contribution in [1.29, 1.82) is 0 Å². The van der Waals surface area contributed by atoms with Gasteiger partial charge in [0.1, 0.15) is 0 Å². The summed E-state index contributed by atoms with van der Waals surface area (Å²) in [4.78, 5) is 2.16. The zero-order valence-corrected chi connectivity index (χ0v) is 7.58. The summed E-state index contributed by atoms with van der Waals surface area (Å²) in [6.45, 7) is 6.26. The third kappa shape index (κ3) is 2.49. The molecule has 2 nitrogen and oxygen atoms in total. The SMILES string of the molecule is CC[C@@H]1CCCN(B(C)O)C1. The lowest BCUT2D eigenvalue weighted by Crippen LogP contribution is -2.44. The van der Waals surface area contributed by atoms with Gasteiger partial charge in [-0.05, 0) is 38.7 Å². The van der Waals surface area contributed by atoms with Gasteiger partial charge in [-0.25, -0.2) is 0 Å². The molecule has 1 N–H and O–H groups in total. The first kappa shape index (κ1) is 9.08. The predicted octanol–water partition coefficient (Wildman–Crippen LogP) is 1.22. The second-order valence-electron chi connectivity index (χ2n) is 3.54. The Labute approximate surface area is 69.7 Å². The van der Waals surface area contributed by atoms with Crippen LogP contribution >= 0.6 is 0 Å². The van der Waals surface area contributed by atoms with Crippen LogP contribution in [0.3, 0.4) is 0 Å². The van der Waals surface area contributed by atoms with Gasteiger partial charge in [-0.3, -0.25) is 0 Å². The minimum absolute atomic E-state index is 0.246. The molecule has 0 unspecified atom stereocenters. The van der Waals surface area contributed by atoms with Crippen molar-refractivity contribution in [3.63, 3.8) is 0 Å². The minimum atomic E-state index is -0.246. The van der Waals surface area contributed by atoms with Crippen molar-refractivity contribution < 1.29 is 5.02 Å². The van der Waals surface area contributed by atoms with Crippen LogP contribution in [0.1, 0.15) is 26.2 Å². The predicted molar refractivity (Wildman–Crippen MR) is 48.4 cm³/mol. The Morgan fingerprint density at radius 1 is 1.64 bits per heavy atom. The Kier molecular flexibility index (Phi) is 3.40. The molecule has 3 heteroatoms. The van der Waals surface area contributed by atoms with Crippen LogP contribution in [-0.4, -0.2) is 30.0 Å². The van der Waals surface area contributed by atoms with Crippen LogP contribution in [0.15, 0.2) is 0 Å². The number of rotatable bonds is 2. The normalized spacial score (nSPS) is 27.0. The Balaban J connectivity index is 2.33. The second-order valence-corrected chi connectivity index (χ2v) is 3.54. The van der Waals surface area contributed by atoms with E-state index in [1.54, 1.807) is 0 Å². The van der Waals surface area contributed by atoms with Crippen LogP contribution < -0.4 is 0 Å². The van der Waals surface area contributed by atoms with Crippen LogP contribution in [0.25, 0.3) is 0 Å². The molecule has 11 heavy (non-hydrogen) atoms. The number of nitrogens with zero attached hydrogens (tertiary/aromatic N) is 1. The van der Waals surface area contributed by atoms with Gasteiger partial charge in [-0.2, -0.15) is 0 Å². The van der Waals surface area contributed by atoms with E-state index in [0.717, 1.165) is 19.0 Å². The summed E-state index contributed by atoms with van der Waals surface area (Å²) in [5, 5.41) is 9.32. The topological polar surface area (TPSA) is 23.5 Å². The summed E-state index contributed by atoms with van der Waals surface area (Å²) >= 11 is 0. The Bertz CT molecular complexity index is 119. The molecule has 0 aliphatic carbocycles. The van der Waals surface area contributed by atoms with Crippen LogP contribution in [-0.2, 0) is 0 Å². The van der Waals surface area contributed by atoms with E-state index in [4.69, 9.17) is 0 Å². The third-order valence-corrected chi connectivity index (χ3v) is 2.66. The highest BCUT2D eigenvalue weighted by Crippen LogP contribution is 2.19. The highest BCUT2D eigenvalue weighted by molar-refractivity contribution is 6.45. The highest BCUT2D eigenvalue weighted by atomic mass is 16.2. The molecular weight excluding hydrogens is 137 g/mol. The van der Waals surface area contributed by atoms with Gasteiger partial charge in [0.2, 0.25) is 0 Å². The summed E-state index contributed by atoms with van der Waals surface area (Å²) in [5.41, 5.74) is 0. The third-order valence-electron chi connectivity index (χ3n) is 2.66. The first-order chi connectivity index (χ1) is 5.24. The van der Waals surface area contributed by atoms with Gasteiger partial charge in [0.25, 0.3) is 0 Å². The van der Waals surface area contributed by atoms with Gasteiger partial charge in [0, 0.05) is 0 Å². The van der Waals surface area contributed by atoms with E-state index >= 15 is 0 Å². The van der Waals surface area contributed by atoms with Crippen LogP contribution in [0, 0.1) is 5.92 Å². The standard InChI is InChI=1S/C8H18BNO/c1-3-8-5-4-6-10(7-8)9(2)11/h8,11H,3-7H2,1-2H3/t8-/m1/s1. The Morgan fingerprint density at radius 3 is 2.91 bits per heavy atom. The molecule has 0 saturated carbocycles. The average molecular weight is 155 g/mol. The Hall–Kier alpha value is -0.0151. The van der Waals surface area contributed by atoms with Crippen molar-refractivity contribution in [2.24, 2.45) is 5.92 Å². The molecule has 0 spiro atoms. The molecule has 64 valence electrons. The van der Waals surface area contributed by atoms with Crippen molar-refractivity contribution >= 4 is 7.05 Å². The largest absolute Gasteiger partial charge is 0.437 e. The monoisotopic (exact) mass is 155 g/mol. The van der Waals surface area contributed by atoms with Crippen molar-refractivity contribution in [3.8, 4) is 0 Å². The molecular formula is C8H18BNO. The number of hydrogen-bond donors (Lipinski definition) is 1. The lowest BCUT2D eigenvalue weighted by molar-refractivity contribution is 0.238. The first-order valence-electron chi connectivity index (χ1n) is 4.66. The molecule has 1 saturated heterocycles. The van der Waals surface area contributed by atoms with Gasteiger partial charge < -0.3 is 9.83 Å². The maximum Gasteiger partial charge on any atom is 0.376 e. The van der Waals surface area contributed by atoms with Crippen LogP contribution in [0.2, 0.25) is 6.82 Å². The van der Waals surface area contributed by atoms with Crippen LogP contribution in [0.5, 0.6) is 0 Å². The van der Waals surface area contributed by atoms with Crippen molar-refractivity contribution in [2.75, 3.05) is 13.1 Å². The lowest BCUT2D eigenvalue weighted by Gasteiger charge is -2.32. The fourth-order valence-electron chi connectivity index (χ4n) is 1.77. The van der Waals surface area contributed by atoms with E-state index in [1.807, 2.05) is 6.82 Å². The fourth-order valence-corrected chi connectivity index (χ4v) is 1.77.